The van der Waals surface area contributed by atoms with Gasteiger partial charge in [0.15, 0.2) is 0 Å². The van der Waals surface area contributed by atoms with E-state index in [2.05, 4.69) is 165 Å². The quantitative estimate of drug-likeness (QED) is 0.131. The van der Waals surface area contributed by atoms with Gasteiger partial charge in [-0.2, -0.15) is 11.1 Å². The van der Waals surface area contributed by atoms with Gasteiger partial charge in [-0.3, -0.25) is 6.08 Å². The van der Waals surface area contributed by atoms with Crippen molar-refractivity contribution < 1.29 is 21.7 Å². The van der Waals surface area contributed by atoms with E-state index in [1.54, 1.807) is 15.6 Å². The summed E-state index contributed by atoms with van der Waals surface area (Å²) in [6.45, 7) is 31.9. The molecule has 0 nitrogen and oxygen atoms in total. The van der Waals surface area contributed by atoms with Gasteiger partial charge < -0.3 is 0 Å². The van der Waals surface area contributed by atoms with Gasteiger partial charge in [-0.1, -0.05) is 173 Å². The Hall–Kier alpha value is -0.408. The van der Waals surface area contributed by atoms with Gasteiger partial charge in [-0.05, 0) is 15.6 Å². The van der Waals surface area contributed by atoms with Crippen LogP contribution in [0.3, 0.4) is 0 Å². The van der Waals surface area contributed by atoms with Crippen molar-refractivity contribution in [1.82, 2.24) is 0 Å². The molecule has 0 spiro atoms. The topological polar surface area (TPSA) is 0 Å². The molecule has 44 heavy (non-hydrogen) atoms. The van der Waals surface area contributed by atoms with E-state index < -0.39 is 32.3 Å². The van der Waals surface area contributed by atoms with Gasteiger partial charge in [-0.15, -0.1) is 44.1 Å². The van der Waals surface area contributed by atoms with Crippen LogP contribution in [0.4, 0.5) is 0 Å². The number of halogens is 3. The van der Waals surface area contributed by atoms with Crippen molar-refractivity contribution in [3.63, 3.8) is 0 Å². The van der Waals surface area contributed by atoms with Crippen molar-refractivity contribution in [2.75, 3.05) is 0 Å². The Labute approximate surface area is 307 Å². The minimum absolute atomic E-state index is 0. The number of allylic oxidation sites excluding steroid dienone is 4. The molecule has 240 valence electrons. The van der Waals surface area contributed by atoms with E-state index in [0.717, 1.165) is 0 Å². The minimum Gasteiger partial charge on any atom is -0.265 e. The van der Waals surface area contributed by atoms with Crippen LogP contribution in [-0.4, -0.2) is 32.3 Å². The maximum atomic E-state index is 4.18. The maximum absolute atomic E-state index is 4.18. The Kier molecular flexibility index (Phi) is 15.1. The fraction of sp³-hybridized carbons (Fsp3) is 0.389. The maximum Gasteiger partial charge on any atom is 0.143 e. The Bertz CT molecular complexity index is 1370. The summed E-state index contributed by atoms with van der Waals surface area (Å²) in [6, 6.07) is 29.6. The van der Waals surface area contributed by atoms with E-state index in [0.29, 0.717) is 0 Å². The Morgan fingerprint density at radius 2 is 0.773 bits per heavy atom. The van der Waals surface area contributed by atoms with E-state index in [4.69, 9.17) is 0 Å². The first-order valence-corrected chi connectivity index (χ1v) is 27.5. The molecule has 0 saturated carbocycles. The van der Waals surface area contributed by atoms with Gasteiger partial charge in [0.1, 0.15) is 8.07 Å². The molecule has 0 aliphatic heterocycles. The molecular weight excluding hydrogens is 699 g/mol. The second-order valence-corrected chi connectivity index (χ2v) is 34.8. The molecule has 0 radical (unpaired) electrons. The molecule has 0 aromatic heterocycles. The molecule has 0 heterocycles. The minimum atomic E-state index is -2.72. The van der Waals surface area contributed by atoms with Crippen molar-refractivity contribution in [2.24, 2.45) is 0 Å². The molecule has 0 fully saturated rings. The molecule has 0 bridgehead atoms. The van der Waals surface area contributed by atoms with E-state index in [9.17, 15) is 0 Å². The van der Waals surface area contributed by atoms with Gasteiger partial charge in [0.05, 0.1) is 24.2 Å². The molecular formula is C36H54Cl3Si4Ti-. The van der Waals surface area contributed by atoms with Gasteiger partial charge in [0.2, 0.25) is 0 Å². The Morgan fingerprint density at radius 3 is 1.00 bits per heavy atom. The molecule has 4 rings (SSSR count). The zero-order valence-electron chi connectivity index (χ0n) is 29.2. The van der Waals surface area contributed by atoms with Gasteiger partial charge in [-0.25, -0.2) is 5.57 Å². The fourth-order valence-corrected chi connectivity index (χ4v) is 16.6. The molecule has 1 unspecified atom stereocenters. The zero-order chi connectivity index (χ0) is 29.9. The monoisotopic (exact) mass is 751 g/mol. The average Bonchev–Trinajstić information content (AvgIpc) is 3.06. The third kappa shape index (κ3) is 7.82. The summed E-state index contributed by atoms with van der Waals surface area (Å²) < 4.78 is 0. The van der Waals surface area contributed by atoms with Crippen LogP contribution in [0.2, 0.25) is 64.0 Å². The van der Waals surface area contributed by atoms with Crippen molar-refractivity contribution in [3.05, 3.63) is 95.6 Å². The van der Waals surface area contributed by atoms with Gasteiger partial charge >= 0.3 is 0 Å². The van der Waals surface area contributed by atoms with Crippen LogP contribution in [0.15, 0.2) is 89.5 Å². The first-order chi connectivity index (χ1) is 18.3. The Balaban J connectivity index is 0.00000462. The number of rotatable bonds is 7. The Morgan fingerprint density at radius 1 is 0.500 bits per heavy atom. The summed E-state index contributed by atoms with van der Waals surface area (Å²) in [5.74, 6) is 0. The summed E-state index contributed by atoms with van der Waals surface area (Å²) in [6.07, 6.45) is 4.18. The molecule has 3 aromatic carbocycles. The third-order valence-corrected chi connectivity index (χ3v) is 21.2. The van der Waals surface area contributed by atoms with Gasteiger partial charge in [0, 0.05) is 21.7 Å². The molecule has 0 saturated heterocycles. The van der Waals surface area contributed by atoms with Crippen LogP contribution < -0.4 is 31.1 Å². The fourth-order valence-electron chi connectivity index (χ4n) is 6.62. The molecule has 1 aliphatic rings. The second kappa shape index (κ2) is 15.2. The number of hydrogen-bond donors (Lipinski definition) is 0. The first-order valence-electron chi connectivity index (χ1n) is 15.0. The van der Waals surface area contributed by atoms with Crippen LogP contribution in [0, 0.1) is 6.08 Å². The van der Waals surface area contributed by atoms with E-state index in [-0.39, 0.29) is 64.0 Å². The summed E-state index contributed by atoms with van der Waals surface area (Å²) in [5, 5.41) is 9.04. The van der Waals surface area contributed by atoms with Crippen molar-refractivity contribution >= 4 is 101 Å². The SMILES string of the molecule is CC1=[C-]C(C)([Si](c2cccc([Si](C)(C)C)c2)(c2cccc([Si](C)(C)C)c2)c2cccc([Si](C)(C)C)c2)C(C)=C1C.Cl.Cl.Cl.[Ti]. The number of benzene rings is 3. The molecule has 8 heteroatoms. The third-order valence-electron chi connectivity index (χ3n) is 9.55. The number of hydrogen-bond acceptors (Lipinski definition) is 0. The average molecular weight is 753 g/mol. The van der Waals surface area contributed by atoms with Crippen molar-refractivity contribution in [2.45, 2.75) is 91.7 Å². The zero-order valence-corrected chi connectivity index (χ0v) is 37.2. The molecule has 1 atom stereocenters. The van der Waals surface area contributed by atoms with Crippen LogP contribution >= 0.6 is 37.2 Å². The summed E-state index contributed by atoms with van der Waals surface area (Å²) in [4.78, 5) is 0. The molecule has 0 N–H and O–H groups in total. The largest absolute Gasteiger partial charge is 0.265 e. The van der Waals surface area contributed by atoms with E-state index in [1.165, 1.54) is 32.3 Å². The van der Waals surface area contributed by atoms with Crippen molar-refractivity contribution in [1.29, 1.82) is 0 Å². The van der Waals surface area contributed by atoms with Crippen LogP contribution in [-0.2, 0) is 21.7 Å². The normalized spacial score (nSPS) is 17.1. The van der Waals surface area contributed by atoms with Crippen molar-refractivity contribution in [3.8, 4) is 0 Å². The second-order valence-electron chi connectivity index (χ2n) is 15.4. The van der Waals surface area contributed by atoms with Crippen LogP contribution in [0.5, 0.6) is 0 Å². The van der Waals surface area contributed by atoms with E-state index in [1.807, 2.05) is 0 Å². The summed E-state index contributed by atoms with van der Waals surface area (Å²) in [5.41, 5.74) is 4.23. The van der Waals surface area contributed by atoms with Crippen LogP contribution in [0.1, 0.15) is 27.7 Å². The molecule has 0 amide bonds. The summed E-state index contributed by atoms with van der Waals surface area (Å²) in [7, 11) is -7.33. The predicted octanol–water partition coefficient (Wildman–Crippen LogP) is 7.92. The first kappa shape index (κ1) is 43.6. The predicted molar refractivity (Wildman–Crippen MR) is 214 cm³/mol. The van der Waals surface area contributed by atoms with Gasteiger partial charge in [0.25, 0.3) is 0 Å². The van der Waals surface area contributed by atoms with Crippen LogP contribution in [0.25, 0.3) is 0 Å². The molecule has 3 aromatic rings. The smallest absolute Gasteiger partial charge is 0.143 e. The van der Waals surface area contributed by atoms with E-state index >= 15 is 0 Å². The molecule has 1 aliphatic carbocycles. The summed E-state index contributed by atoms with van der Waals surface area (Å²) >= 11 is 0. The standard InChI is InChI=1S/C36H51Si4.3ClH.Ti/c1-27-26-36(4,29(3)28(27)2)40(33-20-14-17-30(23-33)37(5,6)7,34-21-15-18-31(24-34)38(8,9)10)35-22-16-19-32(25-35)39(11,12)13;;;;/h14-25H,1-13H3;3*1H;/q-1;;;;.